The van der Waals surface area contributed by atoms with Crippen molar-refractivity contribution in [3.8, 4) is 0 Å². The minimum absolute atomic E-state index is 0.238. The zero-order valence-corrected chi connectivity index (χ0v) is 14.1. The van der Waals surface area contributed by atoms with Gasteiger partial charge in [-0.25, -0.2) is 0 Å². The number of unbranched alkanes of at least 4 members (excludes halogenated alkanes) is 1. The van der Waals surface area contributed by atoms with E-state index in [1.807, 2.05) is 30.4 Å². The fourth-order valence-corrected chi connectivity index (χ4v) is 1.77. The van der Waals surface area contributed by atoms with Gasteiger partial charge in [-0.3, -0.25) is 4.79 Å². The van der Waals surface area contributed by atoms with E-state index in [-0.39, 0.29) is 6.42 Å². The van der Waals surface area contributed by atoms with Crippen LogP contribution in [0.3, 0.4) is 0 Å². The Morgan fingerprint density at radius 3 is 2.35 bits per heavy atom. The minimum atomic E-state index is -0.732. The SMILES string of the molecule is CC/C=C\C[C@H](O)/C=C/C=C\C/C=C/C/C=C\CCCC(=O)O. The fraction of sp³-hybridized carbons (Fsp3) is 0.450. The summed E-state index contributed by atoms with van der Waals surface area (Å²) in [4.78, 5) is 10.3. The zero-order chi connectivity index (χ0) is 17.2. The van der Waals surface area contributed by atoms with Crippen LogP contribution in [0.2, 0.25) is 0 Å². The Balaban J connectivity index is 3.63. The van der Waals surface area contributed by atoms with Crippen LogP contribution >= 0.6 is 0 Å². The summed E-state index contributed by atoms with van der Waals surface area (Å²) in [5.41, 5.74) is 0. The summed E-state index contributed by atoms with van der Waals surface area (Å²) in [6.45, 7) is 2.07. The maximum absolute atomic E-state index is 10.3. The van der Waals surface area contributed by atoms with Gasteiger partial charge in [-0.15, -0.1) is 0 Å². The number of rotatable bonds is 13. The van der Waals surface area contributed by atoms with Gasteiger partial charge in [0, 0.05) is 6.42 Å². The van der Waals surface area contributed by atoms with Crippen LogP contribution in [0, 0.1) is 0 Å². The van der Waals surface area contributed by atoms with Crippen LogP contribution in [-0.2, 0) is 4.79 Å². The lowest BCUT2D eigenvalue weighted by Crippen LogP contribution is -1.98. The van der Waals surface area contributed by atoms with Crippen molar-refractivity contribution in [2.45, 2.75) is 58.0 Å². The van der Waals surface area contributed by atoms with Crippen LogP contribution in [0.5, 0.6) is 0 Å². The number of carbonyl (C=O) groups is 1. The molecule has 0 saturated heterocycles. The van der Waals surface area contributed by atoms with E-state index in [0.29, 0.717) is 12.8 Å². The molecule has 0 aliphatic heterocycles. The van der Waals surface area contributed by atoms with Crippen LogP contribution in [0.15, 0.2) is 60.8 Å². The first-order valence-corrected chi connectivity index (χ1v) is 8.35. The van der Waals surface area contributed by atoms with E-state index in [4.69, 9.17) is 5.11 Å². The first-order chi connectivity index (χ1) is 11.2. The van der Waals surface area contributed by atoms with E-state index in [9.17, 15) is 9.90 Å². The largest absolute Gasteiger partial charge is 0.481 e. The molecular formula is C20H30O3. The highest BCUT2D eigenvalue weighted by Crippen LogP contribution is 1.99. The molecule has 2 N–H and O–H groups in total. The number of hydrogen-bond donors (Lipinski definition) is 2. The van der Waals surface area contributed by atoms with E-state index in [0.717, 1.165) is 25.7 Å². The van der Waals surface area contributed by atoms with Crippen LogP contribution < -0.4 is 0 Å². The molecule has 0 aromatic carbocycles. The van der Waals surface area contributed by atoms with E-state index in [2.05, 4.69) is 31.2 Å². The van der Waals surface area contributed by atoms with Gasteiger partial charge >= 0.3 is 5.97 Å². The molecule has 0 aromatic rings. The molecule has 3 nitrogen and oxygen atoms in total. The van der Waals surface area contributed by atoms with Gasteiger partial charge in [-0.2, -0.15) is 0 Å². The van der Waals surface area contributed by atoms with Gasteiger partial charge in [0.15, 0.2) is 0 Å². The second kappa shape index (κ2) is 16.5. The van der Waals surface area contributed by atoms with Gasteiger partial charge in [0.05, 0.1) is 6.10 Å². The van der Waals surface area contributed by atoms with Crippen molar-refractivity contribution >= 4 is 5.97 Å². The van der Waals surface area contributed by atoms with Crippen molar-refractivity contribution in [1.82, 2.24) is 0 Å². The average molecular weight is 318 g/mol. The van der Waals surface area contributed by atoms with E-state index < -0.39 is 12.1 Å². The molecule has 0 amide bonds. The quantitative estimate of drug-likeness (QED) is 0.286. The van der Waals surface area contributed by atoms with Crippen LogP contribution in [-0.4, -0.2) is 22.3 Å². The van der Waals surface area contributed by atoms with E-state index >= 15 is 0 Å². The highest BCUT2D eigenvalue weighted by Gasteiger charge is 1.93. The van der Waals surface area contributed by atoms with E-state index in [1.54, 1.807) is 6.08 Å². The molecular weight excluding hydrogens is 288 g/mol. The molecule has 0 heterocycles. The predicted octanol–water partition coefficient (Wildman–Crippen LogP) is 4.96. The number of aliphatic carboxylic acids is 1. The zero-order valence-electron chi connectivity index (χ0n) is 14.1. The van der Waals surface area contributed by atoms with Crippen molar-refractivity contribution in [2.24, 2.45) is 0 Å². The molecule has 128 valence electrons. The molecule has 0 fully saturated rings. The summed E-state index contributed by atoms with van der Waals surface area (Å²) < 4.78 is 0. The Hall–Kier alpha value is -1.87. The Morgan fingerprint density at radius 1 is 0.957 bits per heavy atom. The fourth-order valence-electron chi connectivity index (χ4n) is 1.77. The third-order valence-electron chi connectivity index (χ3n) is 3.00. The highest BCUT2D eigenvalue weighted by atomic mass is 16.4. The number of allylic oxidation sites excluding steroid dienone is 8. The van der Waals surface area contributed by atoms with Gasteiger partial charge in [-0.05, 0) is 38.5 Å². The molecule has 0 aliphatic rings. The molecule has 0 bridgehead atoms. The van der Waals surface area contributed by atoms with Crippen LogP contribution in [0.1, 0.15) is 51.9 Å². The summed E-state index contributed by atoms with van der Waals surface area (Å²) in [7, 11) is 0. The lowest BCUT2D eigenvalue weighted by molar-refractivity contribution is -0.137. The lowest BCUT2D eigenvalue weighted by Gasteiger charge is -1.98. The van der Waals surface area contributed by atoms with Gasteiger partial charge in [0.1, 0.15) is 0 Å². The first-order valence-electron chi connectivity index (χ1n) is 8.35. The topological polar surface area (TPSA) is 57.5 Å². The third kappa shape index (κ3) is 18.1. The predicted molar refractivity (Wildman–Crippen MR) is 97.3 cm³/mol. The Labute approximate surface area is 140 Å². The molecule has 1 atom stereocenters. The molecule has 23 heavy (non-hydrogen) atoms. The lowest BCUT2D eigenvalue weighted by atomic mass is 10.2. The number of aliphatic hydroxyl groups is 1. The summed E-state index contributed by atoms with van der Waals surface area (Å²) in [5, 5.41) is 18.1. The Bertz CT molecular complexity index is 428. The molecule has 0 aliphatic carbocycles. The second-order valence-corrected chi connectivity index (χ2v) is 5.20. The van der Waals surface area contributed by atoms with Gasteiger partial charge in [0.25, 0.3) is 0 Å². The first kappa shape index (κ1) is 21.1. The minimum Gasteiger partial charge on any atom is -0.481 e. The normalized spacial score (nSPS) is 14.2. The molecule has 0 unspecified atom stereocenters. The Morgan fingerprint density at radius 2 is 1.65 bits per heavy atom. The molecule has 0 saturated carbocycles. The van der Waals surface area contributed by atoms with Gasteiger partial charge in [-0.1, -0.05) is 67.7 Å². The summed E-state index contributed by atoms with van der Waals surface area (Å²) in [5.74, 6) is -0.732. The van der Waals surface area contributed by atoms with Crippen molar-refractivity contribution in [3.05, 3.63) is 60.8 Å². The molecule has 3 heteroatoms. The summed E-state index contributed by atoms with van der Waals surface area (Å²) in [6.07, 6.45) is 24.7. The van der Waals surface area contributed by atoms with Gasteiger partial charge < -0.3 is 10.2 Å². The molecule has 0 aromatic heterocycles. The number of carboxylic acids is 1. The maximum Gasteiger partial charge on any atom is 0.303 e. The number of hydrogen-bond acceptors (Lipinski definition) is 2. The number of carboxylic acid groups (broad SMARTS) is 1. The Kier molecular flexibility index (Phi) is 15.2. The van der Waals surface area contributed by atoms with E-state index in [1.165, 1.54) is 0 Å². The molecule has 0 spiro atoms. The second-order valence-electron chi connectivity index (χ2n) is 5.20. The van der Waals surface area contributed by atoms with Crippen molar-refractivity contribution in [1.29, 1.82) is 0 Å². The van der Waals surface area contributed by atoms with Gasteiger partial charge in [0.2, 0.25) is 0 Å². The van der Waals surface area contributed by atoms with Crippen molar-refractivity contribution in [2.75, 3.05) is 0 Å². The number of aliphatic hydroxyl groups excluding tert-OH is 1. The molecule has 0 rings (SSSR count). The van der Waals surface area contributed by atoms with Crippen LogP contribution in [0.25, 0.3) is 0 Å². The highest BCUT2D eigenvalue weighted by molar-refractivity contribution is 5.66. The van der Waals surface area contributed by atoms with Crippen molar-refractivity contribution in [3.63, 3.8) is 0 Å². The average Bonchev–Trinajstić information content (AvgIpc) is 2.51. The van der Waals surface area contributed by atoms with Crippen molar-refractivity contribution < 1.29 is 15.0 Å². The van der Waals surface area contributed by atoms with Crippen LogP contribution in [0.4, 0.5) is 0 Å². The molecule has 0 radical (unpaired) electrons. The smallest absolute Gasteiger partial charge is 0.303 e. The summed E-state index contributed by atoms with van der Waals surface area (Å²) >= 11 is 0. The summed E-state index contributed by atoms with van der Waals surface area (Å²) in [6, 6.07) is 0. The third-order valence-corrected chi connectivity index (χ3v) is 3.00. The standard InChI is InChI=1S/C20H30O3/c1-2-3-13-16-19(21)17-14-11-9-7-5-4-6-8-10-12-15-18-20(22)23/h3-5,8-11,13-14,17,19,21H,2,6-7,12,15-16,18H2,1H3,(H,22,23)/b5-4+,10-8-,11-9-,13-3-,17-14+/t19-/m0/s1. The monoisotopic (exact) mass is 318 g/mol. The maximum atomic E-state index is 10.3.